The van der Waals surface area contributed by atoms with Crippen molar-refractivity contribution in [3.63, 3.8) is 0 Å². The lowest BCUT2D eigenvalue weighted by Crippen LogP contribution is -1.95. The highest BCUT2D eigenvalue weighted by atomic mass is 32.2. The number of carbonyl (C=O) groups is 1. The number of unbranched alkanes of at least 4 members (excludes halogenated alkanes) is 1. The van der Waals surface area contributed by atoms with E-state index in [1.54, 1.807) is 18.1 Å². The molecular formula is C15H15N3O2S. The Balaban J connectivity index is 1.75. The van der Waals surface area contributed by atoms with Gasteiger partial charge in [-0.05, 0) is 30.7 Å². The molecule has 0 saturated heterocycles. The molecule has 5 nitrogen and oxygen atoms in total. The van der Waals surface area contributed by atoms with Crippen LogP contribution < -0.4 is 0 Å². The maximum Gasteiger partial charge on any atom is 0.303 e. The summed E-state index contributed by atoms with van der Waals surface area (Å²) in [7, 11) is 0. The third-order valence-corrected chi connectivity index (χ3v) is 4.35. The van der Waals surface area contributed by atoms with E-state index in [0.717, 1.165) is 33.7 Å². The molecule has 6 heteroatoms. The molecule has 0 aliphatic heterocycles. The summed E-state index contributed by atoms with van der Waals surface area (Å²) in [6.07, 6.45) is 5.47. The average molecular weight is 301 g/mol. The van der Waals surface area contributed by atoms with Crippen LogP contribution in [0.2, 0.25) is 0 Å². The fourth-order valence-corrected chi connectivity index (χ4v) is 3.17. The fraction of sp³-hybridized carbons (Fsp3) is 0.267. The second-order valence-corrected chi connectivity index (χ2v) is 5.87. The summed E-state index contributed by atoms with van der Waals surface area (Å²) >= 11 is 1.68. The molecule has 3 rings (SSSR count). The zero-order valence-corrected chi connectivity index (χ0v) is 12.2. The van der Waals surface area contributed by atoms with Gasteiger partial charge in [-0.25, -0.2) is 9.97 Å². The highest BCUT2D eigenvalue weighted by Gasteiger charge is 2.07. The molecule has 0 fully saturated rings. The standard InChI is InChI=1S/C15H15N3O2S/c19-14(20)7-3-4-8-21-13-9-16-15-11-5-1-2-6-12(11)17-10-18(13)15/h1-2,5-6,9-10H,3-4,7-8H2,(H,19,20). The minimum absolute atomic E-state index is 0.236. The molecule has 0 unspecified atom stereocenters. The van der Waals surface area contributed by atoms with Gasteiger partial charge < -0.3 is 5.11 Å². The van der Waals surface area contributed by atoms with E-state index in [1.807, 2.05) is 34.9 Å². The number of carboxylic acid groups (broad SMARTS) is 1. The first-order chi connectivity index (χ1) is 10.3. The van der Waals surface area contributed by atoms with Crippen molar-refractivity contribution in [2.75, 3.05) is 5.75 Å². The van der Waals surface area contributed by atoms with E-state index in [4.69, 9.17) is 5.11 Å². The lowest BCUT2D eigenvalue weighted by atomic mass is 10.2. The van der Waals surface area contributed by atoms with Crippen LogP contribution in [-0.4, -0.2) is 31.2 Å². The number of rotatable bonds is 6. The SMILES string of the molecule is O=C(O)CCCCSc1cnc2c3ccccc3ncn12. The van der Waals surface area contributed by atoms with Gasteiger partial charge in [0.05, 0.1) is 11.7 Å². The van der Waals surface area contributed by atoms with Crippen molar-refractivity contribution < 1.29 is 9.90 Å². The summed E-state index contributed by atoms with van der Waals surface area (Å²) in [6.45, 7) is 0. The van der Waals surface area contributed by atoms with E-state index in [2.05, 4.69) is 9.97 Å². The first-order valence-corrected chi connectivity index (χ1v) is 7.79. The molecule has 0 atom stereocenters. The van der Waals surface area contributed by atoms with Crippen LogP contribution >= 0.6 is 11.8 Å². The number of fused-ring (bicyclic) bond motifs is 3. The van der Waals surface area contributed by atoms with Gasteiger partial charge in [0.25, 0.3) is 0 Å². The van der Waals surface area contributed by atoms with Crippen molar-refractivity contribution in [3.05, 3.63) is 36.8 Å². The number of hydrogen-bond donors (Lipinski definition) is 1. The number of hydrogen-bond acceptors (Lipinski definition) is 4. The van der Waals surface area contributed by atoms with Crippen LogP contribution in [0, 0.1) is 0 Å². The largest absolute Gasteiger partial charge is 0.481 e. The van der Waals surface area contributed by atoms with Crippen molar-refractivity contribution >= 4 is 34.3 Å². The molecule has 21 heavy (non-hydrogen) atoms. The predicted octanol–water partition coefficient (Wildman–Crippen LogP) is 3.23. The smallest absolute Gasteiger partial charge is 0.303 e. The Morgan fingerprint density at radius 1 is 1.24 bits per heavy atom. The van der Waals surface area contributed by atoms with Crippen LogP contribution in [0.1, 0.15) is 19.3 Å². The van der Waals surface area contributed by atoms with Crippen molar-refractivity contribution in [2.24, 2.45) is 0 Å². The molecule has 108 valence electrons. The Labute approximate surface area is 126 Å². The Kier molecular flexibility index (Phi) is 4.06. The summed E-state index contributed by atoms with van der Waals surface area (Å²) in [5, 5.41) is 10.7. The molecule has 0 aliphatic carbocycles. The van der Waals surface area contributed by atoms with Crippen LogP contribution in [0.4, 0.5) is 0 Å². The van der Waals surface area contributed by atoms with Crippen LogP contribution in [0.25, 0.3) is 16.6 Å². The second kappa shape index (κ2) is 6.13. The number of aromatic nitrogens is 3. The number of carboxylic acids is 1. The van der Waals surface area contributed by atoms with Gasteiger partial charge in [0.15, 0.2) is 0 Å². The van der Waals surface area contributed by atoms with E-state index < -0.39 is 5.97 Å². The number of benzene rings is 1. The van der Waals surface area contributed by atoms with Crippen LogP contribution in [0.5, 0.6) is 0 Å². The first kappa shape index (κ1) is 13.9. The second-order valence-electron chi connectivity index (χ2n) is 4.75. The zero-order chi connectivity index (χ0) is 14.7. The topological polar surface area (TPSA) is 67.5 Å². The zero-order valence-electron chi connectivity index (χ0n) is 11.4. The Bertz CT molecular complexity index is 785. The average Bonchev–Trinajstić information content (AvgIpc) is 2.90. The quantitative estimate of drug-likeness (QED) is 0.559. The number of thioether (sulfide) groups is 1. The van der Waals surface area contributed by atoms with Crippen molar-refractivity contribution in [2.45, 2.75) is 24.3 Å². The number of imidazole rings is 1. The monoisotopic (exact) mass is 301 g/mol. The van der Waals surface area contributed by atoms with Gasteiger partial charge in [0, 0.05) is 11.8 Å². The number of para-hydroxylation sites is 1. The minimum Gasteiger partial charge on any atom is -0.481 e. The molecule has 0 aliphatic rings. The lowest BCUT2D eigenvalue weighted by molar-refractivity contribution is -0.137. The first-order valence-electron chi connectivity index (χ1n) is 6.81. The van der Waals surface area contributed by atoms with E-state index in [1.165, 1.54) is 0 Å². The molecule has 3 aromatic rings. The molecule has 0 bridgehead atoms. The van der Waals surface area contributed by atoms with Crippen molar-refractivity contribution in [3.8, 4) is 0 Å². The third kappa shape index (κ3) is 3.00. The van der Waals surface area contributed by atoms with E-state index in [9.17, 15) is 4.79 Å². The molecule has 0 spiro atoms. The summed E-state index contributed by atoms with van der Waals surface area (Å²) in [4.78, 5) is 19.4. The van der Waals surface area contributed by atoms with Crippen LogP contribution in [0.3, 0.4) is 0 Å². The summed E-state index contributed by atoms with van der Waals surface area (Å²) in [5.74, 6) is 0.152. The van der Waals surface area contributed by atoms with Crippen molar-refractivity contribution in [1.29, 1.82) is 0 Å². The summed E-state index contributed by atoms with van der Waals surface area (Å²) in [6, 6.07) is 7.94. The maximum atomic E-state index is 10.5. The minimum atomic E-state index is -0.731. The molecular weight excluding hydrogens is 286 g/mol. The van der Waals surface area contributed by atoms with Gasteiger partial charge in [0.1, 0.15) is 17.0 Å². The number of aliphatic carboxylic acids is 1. The summed E-state index contributed by atoms with van der Waals surface area (Å²) < 4.78 is 1.99. The molecule has 0 radical (unpaired) electrons. The molecule has 1 N–H and O–H groups in total. The fourth-order valence-electron chi connectivity index (χ4n) is 2.21. The van der Waals surface area contributed by atoms with Gasteiger partial charge in [-0.1, -0.05) is 12.1 Å². The molecule has 1 aromatic carbocycles. The third-order valence-electron chi connectivity index (χ3n) is 3.26. The normalized spacial score (nSPS) is 11.2. The van der Waals surface area contributed by atoms with Crippen LogP contribution in [0.15, 0.2) is 41.8 Å². The highest BCUT2D eigenvalue weighted by Crippen LogP contribution is 2.24. The highest BCUT2D eigenvalue weighted by molar-refractivity contribution is 7.99. The predicted molar refractivity (Wildman–Crippen MR) is 82.7 cm³/mol. The van der Waals surface area contributed by atoms with Crippen molar-refractivity contribution in [1.82, 2.24) is 14.4 Å². The van der Waals surface area contributed by atoms with E-state index in [-0.39, 0.29) is 6.42 Å². The van der Waals surface area contributed by atoms with E-state index in [0.29, 0.717) is 6.42 Å². The lowest BCUT2D eigenvalue weighted by Gasteiger charge is -2.03. The molecule has 0 amide bonds. The Hall–Kier alpha value is -2.08. The van der Waals surface area contributed by atoms with Gasteiger partial charge in [-0.3, -0.25) is 9.20 Å². The molecule has 2 heterocycles. The van der Waals surface area contributed by atoms with Gasteiger partial charge >= 0.3 is 5.97 Å². The van der Waals surface area contributed by atoms with Gasteiger partial charge in [-0.2, -0.15) is 0 Å². The molecule has 2 aromatic heterocycles. The molecule has 0 saturated carbocycles. The maximum absolute atomic E-state index is 10.5. The van der Waals surface area contributed by atoms with E-state index >= 15 is 0 Å². The van der Waals surface area contributed by atoms with Gasteiger partial charge in [0.2, 0.25) is 0 Å². The Morgan fingerprint density at radius 2 is 2.10 bits per heavy atom. The number of nitrogens with zero attached hydrogens (tertiary/aromatic N) is 3. The van der Waals surface area contributed by atoms with Crippen LogP contribution in [-0.2, 0) is 4.79 Å². The Morgan fingerprint density at radius 3 is 2.95 bits per heavy atom. The van der Waals surface area contributed by atoms with Gasteiger partial charge in [-0.15, -0.1) is 11.8 Å². The summed E-state index contributed by atoms with van der Waals surface area (Å²) in [5.41, 5.74) is 1.85.